The Balaban J connectivity index is 1.60. The van der Waals surface area contributed by atoms with Crippen LogP contribution in [0, 0.1) is 0 Å². The van der Waals surface area contributed by atoms with Gasteiger partial charge in [0.15, 0.2) is 0 Å². The number of hydrogen-bond donors (Lipinski definition) is 1. The topological polar surface area (TPSA) is 60.3 Å². The number of halogens is 1. The van der Waals surface area contributed by atoms with Crippen molar-refractivity contribution in [3.63, 3.8) is 0 Å². The fourth-order valence-corrected chi connectivity index (χ4v) is 2.87. The van der Waals surface area contributed by atoms with Crippen LogP contribution in [0.15, 0.2) is 54.7 Å². The van der Waals surface area contributed by atoms with Crippen molar-refractivity contribution in [2.24, 2.45) is 0 Å². The van der Waals surface area contributed by atoms with Gasteiger partial charge in [0.25, 0.3) is 0 Å². The molecule has 3 rings (SSSR count). The molecule has 0 spiro atoms. The maximum Gasteiger partial charge on any atom is 0.231 e. The third-order valence-electron chi connectivity index (χ3n) is 3.87. The summed E-state index contributed by atoms with van der Waals surface area (Å²) in [6.45, 7) is 0. The lowest BCUT2D eigenvalue weighted by molar-refractivity contribution is -0.116. The van der Waals surface area contributed by atoms with E-state index >= 15 is 0 Å². The van der Waals surface area contributed by atoms with Gasteiger partial charge in [-0.3, -0.25) is 14.2 Å². The van der Waals surface area contributed by atoms with Crippen molar-refractivity contribution in [2.75, 3.05) is 12.4 Å². The zero-order valence-corrected chi connectivity index (χ0v) is 14.4. The average Bonchev–Trinajstić information content (AvgIpc) is 3.04. The Kier molecular flexibility index (Phi) is 5.05. The Labute approximate surface area is 150 Å². The quantitative estimate of drug-likeness (QED) is 0.738. The van der Waals surface area contributed by atoms with Gasteiger partial charge in [0.1, 0.15) is 5.75 Å². The second kappa shape index (κ2) is 7.40. The van der Waals surface area contributed by atoms with Crippen LogP contribution in [-0.4, -0.2) is 23.5 Å². The van der Waals surface area contributed by atoms with E-state index < -0.39 is 0 Å². The van der Waals surface area contributed by atoms with Crippen LogP contribution in [0.1, 0.15) is 17.6 Å². The number of benzene rings is 2. The monoisotopic (exact) mass is 356 g/mol. The van der Waals surface area contributed by atoms with Gasteiger partial charge in [0, 0.05) is 30.1 Å². The molecule has 6 heteroatoms. The largest absolute Gasteiger partial charge is 0.495 e. The molecule has 1 N–H and O–H groups in total. The number of amides is 1. The van der Waals surface area contributed by atoms with Crippen LogP contribution >= 0.6 is 11.6 Å². The minimum Gasteiger partial charge on any atom is -0.495 e. The van der Waals surface area contributed by atoms with Gasteiger partial charge >= 0.3 is 0 Å². The highest BCUT2D eigenvalue weighted by atomic mass is 35.5. The molecule has 0 atom stereocenters. The highest BCUT2D eigenvalue weighted by Gasteiger charge is 2.12. The van der Waals surface area contributed by atoms with Crippen molar-refractivity contribution in [3.05, 3.63) is 59.8 Å². The van der Waals surface area contributed by atoms with Crippen LogP contribution in [0.2, 0.25) is 5.02 Å². The van der Waals surface area contributed by atoms with E-state index in [1.54, 1.807) is 29.0 Å². The number of carbonyl (C=O) groups is 2. The number of aromatic nitrogens is 1. The Hall–Kier alpha value is -2.79. The number of carbonyl (C=O) groups excluding carboxylic acids is 2. The zero-order chi connectivity index (χ0) is 17.8. The van der Waals surface area contributed by atoms with Gasteiger partial charge in [0.05, 0.1) is 17.6 Å². The highest BCUT2D eigenvalue weighted by molar-refractivity contribution is 6.32. The Morgan fingerprint density at radius 1 is 1.12 bits per heavy atom. The van der Waals surface area contributed by atoms with Crippen molar-refractivity contribution in [1.29, 1.82) is 0 Å². The van der Waals surface area contributed by atoms with E-state index in [9.17, 15) is 9.59 Å². The van der Waals surface area contributed by atoms with Crippen molar-refractivity contribution < 1.29 is 14.3 Å². The van der Waals surface area contributed by atoms with Gasteiger partial charge < -0.3 is 10.1 Å². The van der Waals surface area contributed by atoms with Gasteiger partial charge in [-0.05, 0) is 30.3 Å². The molecule has 0 bridgehead atoms. The lowest BCUT2D eigenvalue weighted by Gasteiger charge is -2.08. The van der Waals surface area contributed by atoms with Gasteiger partial charge in [-0.25, -0.2) is 0 Å². The summed E-state index contributed by atoms with van der Waals surface area (Å²) in [5.41, 5.74) is 1.41. The average molecular weight is 357 g/mol. The number of nitrogens with one attached hydrogen (secondary N) is 1. The minimum atomic E-state index is -0.244. The zero-order valence-electron chi connectivity index (χ0n) is 13.7. The molecule has 0 aliphatic heterocycles. The molecule has 5 nitrogen and oxygen atoms in total. The highest BCUT2D eigenvalue weighted by Crippen LogP contribution is 2.27. The van der Waals surface area contributed by atoms with E-state index in [-0.39, 0.29) is 24.7 Å². The summed E-state index contributed by atoms with van der Waals surface area (Å²) < 4.78 is 6.64. The molecule has 1 heterocycles. The molecule has 25 heavy (non-hydrogen) atoms. The van der Waals surface area contributed by atoms with E-state index in [1.807, 2.05) is 30.3 Å². The first-order chi connectivity index (χ1) is 12.1. The number of fused-ring (bicyclic) bond motifs is 1. The van der Waals surface area contributed by atoms with E-state index in [4.69, 9.17) is 16.3 Å². The van der Waals surface area contributed by atoms with Gasteiger partial charge in [-0.2, -0.15) is 0 Å². The van der Waals surface area contributed by atoms with Crippen molar-refractivity contribution >= 4 is 40.0 Å². The number of hydrogen-bond acceptors (Lipinski definition) is 3. The number of methoxy groups -OCH3 is 1. The smallest absolute Gasteiger partial charge is 0.231 e. The fraction of sp³-hybridized carbons (Fsp3) is 0.158. The molecular formula is C19H17ClN2O3. The van der Waals surface area contributed by atoms with Crippen LogP contribution in [0.4, 0.5) is 5.69 Å². The summed E-state index contributed by atoms with van der Waals surface area (Å²) in [7, 11) is 1.52. The first kappa shape index (κ1) is 17.0. The van der Waals surface area contributed by atoms with Crippen LogP contribution in [0.3, 0.4) is 0 Å². The first-order valence-electron chi connectivity index (χ1n) is 7.81. The molecule has 3 aromatic rings. The molecule has 0 saturated carbocycles. The number of ether oxygens (including phenoxy) is 1. The Bertz CT molecular complexity index is 933. The third-order valence-corrected chi connectivity index (χ3v) is 4.16. The lowest BCUT2D eigenvalue weighted by Crippen LogP contribution is -2.16. The summed E-state index contributed by atoms with van der Waals surface area (Å²) >= 11 is 6.03. The Morgan fingerprint density at radius 2 is 1.92 bits per heavy atom. The summed E-state index contributed by atoms with van der Waals surface area (Å²) in [6.07, 6.45) is 1.94. The molecule has 0 aliphatic rings. The molecule has 0 saturated heterocycles. The van der Waals surface area contributed by atoms with Crippen LogP contribution in [0.5, 0.6) is 5.75 Å². The van der Waals surface area contributed by atoms with Crippen molar-refractivity contribution in [3.8, 4) is 5.75 Å². The second-order valence-corrected chi connectivity index (χ2v) is 5.94. The van der Waals surface area contributed by atoms with E-state index in [0.29, 0.717) is 16.5 Å². The predicted molar refractivity (Wildman–Crippen MR) is 98.4 cm³/mol. The molecule has 1 aromatic heterocycles. The fourth-order valence-electron chi connectivity index (χ4n) is 2.61. The Morgan fingerprint density at radius 3 is 2.68 bits per heavy atom. The molecule has 1 amide bonds. The van der Waals surface area contributed by atoms with Crippen LogP contribution in [-0.2, 0) is 4.79 Å². The second-order valence-electron chi connectivity index (χ2n) is 5.54. The lowest BCUT2D eigenvalue weighted by atomic mass is 10.2. The number of nitrogens with zero attached hydrogens (tertiary/aromatic N) is 1. The third kappa shape index (κ3) is 3.83. The van der Waals surface area contributed by atoms with E-state index in [2.05, 4.69) is 5.32 Å². The summed E-state index contributed by atoms with van der Waals surface area (Å²) in [5, 5.41) is 4.14. The number of anilines is 1. The predicted octanol–water partition coefficient (Wildman–Crippen LogP) is 4.36. The summed E-state index contributed by atoms with van der Waals surface area (Å²) in [5.74, 6) is 0.171. The minimum absolute atomic E-state index is 0.0923. The SMILES string of the molecule is COc1ccc(NC(=O)CCC(=O)n2ccc3ccccc32)cc1Cl. The molecule has 0 fully saturated rings. The summed E-state index contributed by atoms with van der Waals surface area (Å²) in [6, 6.07) is 14.5. The molecule has 128 valence electrons. The molecule has 0 radical (unpaired) electrons. The first-order valence-corrected chi connectivity index (χ1v) is 8.19. The van der Waals surface area contributed by atoms with Crippen molar-refractivity contribution in [2.45, 2.75) is 12.8 Å². The molecule has 2 aromatic carbocycles. The maximum absolute atomic E-state index is 12.4. The number of para-hydroxylation sites is 1. The normalized spacial score (nSPS) is 10.6. The van der Waals surface area contributed by atoms with Gasteiger partial charge in [-0.1, -0.05) is 29.8 Å². The molecular weight excluding hydrogens is 340 g/mol. The maximum atomic E-state index is 12.4. The van der Waals surface area contributed by atoms with Crippen LogP contribution < -0.4 is 10.1 Å². The van der Waals surface area contributed by atoms with E-state index in [1.165, 1.54) is 7.11 Å². The van der Waals surface area contributed by atoms with Crippen molar-refractivity contribution in [1.82, 2.24) is 4.57 Å². The summed E-state index contributed by atoms with van der Waals surface area (Å²) in [4.78, 5) is 24.4. The van der Waals surface area contributed by atoms with Crippen LogP contribution in [0.25, 0.3) is 10.9 Å². The number of rotatable bonds is 5. The molecule has 0 unspecified atom stereocenters. The van der Waals surface area contributed by atoms with E-state index in [0.717, 1.165) is 10.9 Å². The molecule has 0 aliphatic carbocycles. The standard InChI is InChI=1S/C19H17ClN2O3/c1-25-17-7-6-14(12-15(17)20)21-18(23)8-9-19(24)22-11-10-13-4-2-3-5-16(13)22/h2-7,10-12H,8-9H2,1H3,(H,21,23). The van der Waals surface area contributed by atoms with Gasteiger partial charge in [-0.15, -0.1) is 0 Å². The van der Waals surface area contributed by atoms with Gasteiger partial charge in [0.2, 0.25) is 11.8 Å².